The van der Waals surface area contributed by atoms with Gasteiger partial charge in [-0.2, -0.15) is 0 Å². The van der Waals surface area contributed by atoms with Crippen LogP contribution in [0.3, 0.4) is 0 Å². The molecule has 0 radical (unpaired) electrons. The third-order valence-electron chi connectivity index (χ3n) is 6.62. The zero-order valence-corrected chi connectivity index (χ0v) is 20.6. The summed E-state index contributed by atoms with van der Waals surface area (Å²) in [5, 5.41) is 10.1. The molecule has 0 spiro atoms. The highest BCUT2D eigenvalue weighted by Crippen LogP contribution is 2.39. The third kappa shape index (κ3) is 4.56. The summed E-state index contributed by atoms with van der Waals surface area (Å²) in [4.78, 5) is 32.4. The normalized spacial score (nSPS) is 18.8. The van der Waals surface area contributed by atoms with Gasteiger partial charge in [0.1, 0.15) is 0 Å². The predicted molar refractivity (Wildman–Crippen MR) is 140 cm³/mol. The molecule has 2 aromatic carbocycles. The second kappa shape index (κ2) is 9.58. The van der Waals surface area contributed by atoms with Gasteiger partial charge in [0.15, 0.2) is 5.17 Å². The van der Waals surface area contributed by atoms with Gasteiger partial charge >= 0.3 is 5.97 Å². The lowest BCUT2D eigenvalue weighted by molar-refractivity contribution is -0.123. The highest BCUT2D eigenvalue weighted by molar-refractivity contribution is 8.18. The van der Waals surface area contributed by atoms with E-state index in [2.05, 4.69) is 0 Å². The predicted octanol–water partition coefficient (Wildman–Crippen LogP) is 6.34. The van der Waals surface area contributed by atoms with Crippen molar-refractivity contribution in [3.05, 3.63) is 88.1 Å². The maximum absolute atomic E-state index is 13.6. The molecule has 0 unspecified atom stereocenters. The fourth-order valence-electron chi connectivity index (χ4n) is 4.91. The van der Waals surface area contributed by atoms with Crippen molar-refractivity contribution in [2.24, 2.45) is 4.99 Å². The first-order chi connectivity index (χ1) is 16.9. The number of aryl methyl sites for hydroxylation is 1. The molecular formula is C28H27N3O3S. The number of carbonyl (C=O) groups excluding carboxylic acids is 1. The molecule has 0 bridgehead atoms. The molecule has 35 heavy (non-hydrogen) atoms. The van der Waals surface area contributed by atoms with Crippen LogP contribution in [0.15, 0.2) is 70.6 Å². The number of carbonyl (C=O) groups is 2. The van der Waals surface area contributed by atoms with E-state index in [-0.39, 0.29) is 17.5 Å². The SMILES string of the molecule is Cc1cc(C=C2SC(=Nc3ccccc3)N(C3CCCC3)C2=O)c(C)n1-c1cccc(C(=O)O)c1. The number of carboxylic acid groups (broad SMARTS) is 1. The topological polar surface area (TPSA) is 74.9 Å². The number of aromatic carboxylic acids is 1. The van der Waals surface area contributed by atoms with Gasteiger partial charge in [0.25, 0.3) is 5.91 Å². The van der Waals surface area contributed by atoms with Crippen molar-refractivity contribution in [1.82, 2.24) is 9.47 Å². The molecule has 0 atom stereocenters. The molecule has 178 valence electrons. The smallest absolute Gasteiger partial charge is 0.335 e. The van der Waals surface area contributed by atoms with Gasteiger partial charge in [-0.15, -0.1) is 0 Å². The monoisotopic (exact) mass is 485 g/mol. The van der Waals surface area contributed by atoms with Crippen molar-refractivity contribution in [2.45, 2.75) is 45.6 Å². The zero-order valence-electron chi connectivity index (χ0n) is 19.8. The Morgan fingerprint density at radius 3 is 2.51 bits per heavy atom. The van der Waals surface area contributed by atoms with E-state index < -0.39 is 5.97 Å². The number of aliphatic imine (C=N–C) groups is 1. The lowest BCUT2D eigenvalue weighted by Gasteiger charge is -2.22. The van der Waals surface area contributed by atoms with E-state index in [9.17, 15) is 14.7 Å². The lowest BCUT2D eigenvalue weighted by Crippen LogP contribution is -2.37. The van der Waals surface area contributed by atoms with E-state index in [1.165, 1.54) is 11.8 Å². The highest BCUT2D eigenvalue weighted by atomic mass is 32.2. The molecule has 1 amide bonds. The van der Waals surface area contributed by atoms with Crippen LogP contribution in [0.2, 0.25) is 0 Å². The number of amides is 1. The summed E-state index contributed by atoms with van der Waals surface area (Å²) in [5.74, 6) is -0.948. The summed E-state index contributed by atoms with van der Waals surface area (Å²) in [7, 11) is 0. The zero-order chi connectivity index (χ0) is 24.5. The van der Waals surface area contributed by atoms with Crippen molar-refractivity contribution in [1.29, 1.82) is 0 Å². The number of nitrogens with zero attached hydrogens (tertiary/aromatic N) is 3. The summed E-state index contributed by atoms with van der Waals surface area (Å²) >= 11 is 1.43. The molecule has 2 aliphatic rings. The molecule has 1 aliphatic heterocycles. The van der Waals surface area contributed by atoms with E-state index >= 15 is 0 Å². The average molecular weight is 486 g/mol. The molecule has 5 rings (SSSR count). The van der Waals surface area contributed by atoms with E-state index in [4.69, 9.17) is 4.99 Å². The minimum atomic E-state index is -0.957. The number of amidine groups is 1. The van der Waals surface area contributed by atoms with Crippen LogP contribution < -0.4 is 0 Å². The van der Waals surface area contributed by atoms with Crippen LogP contribution in [-0.2, 0) is 4.79 Å². The van der Waals surface area contributed by atoms with Gasteiger partial charge in [0.05, 0.1) is 16.2 Å². The molecule has 2 fully saturated rings. The van der Waals surface area contributed by atoms with E-state index in [0.717, 1.165) is 59.2 Å². The van der Waals surface area contributed by atoms with Gasteiger partial charge < -0.3 is 9.67 Å². The van der Waals surface area contributed by atoms with Crippen LogP contribution in [0.5, 0.6) is 0 Å². The third-order valence-corrected chi connectivity index (χ3v) is 7.60. The number of hydrogen-bond donors (Lipinski definition) is 1. The van der Waals surface area contributed by atoms with Crippen LogP contribution in [0.25, 0.3) is 11.8 Å². The van der Waals surface area contributed by atoms with Crippen LogP contribution in [0.1, 0.15) is 53.0 Å². The van der Waals surface area contributed by atoms with Crippen molar-refractivity contribution in [3.8, 4) is 5.69 Å². The van der Waals surface area contributed by atoms with Gasteiger partial charge in [-0.25, -0.2) is 9.79 Å². The first kappa shape index (κ1) is 23.2. The van der Waals surface area contributed by atoms with E-state index in [1.54, 1.807) is 18.2 Å². The molecule has 6 nitrogen and oxygen atoms in total. The van der Waals surface area contributed by atoms with Crippen molar-refractivity contribution < 1.29 is 14.7 Å². The van der Waals surface area contributed by atoms with Gasteiger partial charge in [0.2, 0.25) is 0 Å². The van der Waals surface area contributed by atoms with Gasteiger partial charge in [-0.1, -0.05) is 37.1 Å². The van der Waals surface area contributed by atoms with Crippen LogP contribution in [0.4, 0.5) is 5.69 Å². The average Bonchev–Trinajstić information content (AvgIpc) is 3.54. The lowest BCUT2D eigenvalue weighted by atomic mass is 10.2. The second-order valence-corrected chi connectivity index (χ2v) is 9.98. The molecule has 1 N–H and O–H groups in total. The van der Waals surface area contributed by atoms with Gasteiger partial charge in [-0.3, -0.25) is 9.69 Å². The summed E-state index contributed by atoms with van der Waals surface area (Å²) in [6, 6.07) is 18.9. The van der Waals surface area contributed by atoms with Gasteiger partial charge in [-0.05, 0) is 86.5 Å². The Morgan fingerprint density at radius 1 is 1.06 bits per heavy atom. The van der Waals surface area contributed by atoms with E-state index in [1.807, 2.05) is 71.9 Å². The van der Waals surface area contributed by atoms with Crippen LogP contribution >= 0.6 is 11.8 Å². The molecule has 2 heterocycles. The number of thioether (sulfide) groups is 1. The summed E-state index contributed by atoms with van der Waals surface area (Å²) < 4.78 is 2.02. The van der Waals surface area contributed by atoms with Crippen molar-refractivity contribution >= 4 is 40.6 Å². The largest absolute Gasteiger partial charge is 0.478 e. The molecule has 1 saturated carbocycles. The quantitative estimate of drug-likeness (QED) is 0.428. The number of para-hydroxylation sites is 1. The Morgan fingerprint density at radius 2 is 1.80 bits per heavy atom. The standard InChI is InChI=1S/C28H27N3O3S/c1-18-15-21(19(2)30(18)24-14-8-9-20(16-24)27(33)34)17-25-26(32)31(23-12-6-7-13-23)28(35-25)29-22-10-4-3-5-11-22/h3-5,8-11,14-17,23H,6-7,12-13H2,1-2H3,(H,33,34). The molecule has 3 aromatic rings. The number of benzene rings is 2. The van der Waals surface area contributed by atoms with Gasteiger partial charge in [0, 0.05) is 23.1 Å². The minimum absolute atomic E-state index is 0.00857. The number of hydrogen-bond acceptors (Lipinski definition) is 4. The Kier molecular flexibility index (Phi) is 6.34. The molecule has 1 saturated heterocycles. The first-order valence-electron chi connectivity index (χ1n) is 11.8. The maximum atomic E-state index is 13.6. The van der Waals surface area contributed by atoms with Crippen molar-refractivity contribution in [3.63, 3.8) is 0 Å². The Balaban J connectivity index is 1.52. The number of carboxylic acids is 1. The second-order valence-electron chi connectivity index (χ2n) is 8.97. The van der Waals surface area contributed by atoms with Crippen LogP contribution in [0, 0.1) is 13.8 Å². The molecular weight excluding hydrogens is 458 g/mol. The highest BCUT2D eigenvalue weighted by Gasteiger charge is 2.39. The molecule has 1 aliphatic carbocycles. The Hall–Kier alpha value is -3.58. The summed E-state index contributed by atoms with van der Waals surface area (Å²) in [6.07, 6.45) is 6.21. The minimum Gasteiger partial charge on any atom is -0.478 e. The Bertz CT molecular complexity index is 1350. The summed E-state index contributed by atoms with van der Waals surface area (Å²) in [6.45, 7) is 3.98. The first-order valence-corrected chi connectivity index (χ1v) is 12.6. The van der Waals surface area contributed by atoms with E-state index in [0.29, 0.717) is 4.91 Å². The fraction of sp³-hybridized carbons (Fsp3) is 0.250. The fourth-order valence-corrected chi connectivity index (χ4v) is 5.96. The van der Waals surface area contributed by atoms with Crippen LogP contribution in [-0.4, -0.2) is 37.7 Å². The molecule has 1 aromatic heterocycles. The number of rotatable bonds is 5. The maximum Gasteiger partial charge on any atom is 0.335 e. The summed E-state index contributed by atoms with van der Waals surface area (Å²) in [5.41, 5.74) is 4.72. The Labute approximate surface area is 209 Å². The van der Waals surface area contributed by atoms with Crippen molar-refractivity contribution in [2.75, 3.05) is 0 Å². The number of aromatic nitrogens is 1. The molecule has 7 heteroatoms.